The van der Waals surface area contributed by atoms with E-state index in [4.69, 9.17) is 0 Å². The van der Waals surface area contributed by atoms with Gasteiger partial charge in [-0.2, -0.15) is 0 Å². The molecule has 2 rings (SSSR count). The predicted molar refractivity (Wildman–Crippen MR) is 85.7 cm³/mol. The number of likely N-dealkylation sites (N-methyl/N-ethyl adjacent to an activating group) is 1. The lowest BCUT2D eigenvalue weighted by Crippen LogP contribution is -2.52. The zero-order valence-electron chi connectivity index (χ0n) is 12.8. The summed E-state index contributed by atoms with van der Waals surface area (Å²) in [5.41, 5.74) is 0. The van der Waals surface area contributed by atoms with Crippen LogP contribution in [0.25, 0.3) is 0 Å². The first kappa shape index (κ1) is 16.9. The Hall–Kier alpha value is -0.510. The maximum atomic E-state index is 12.4. The summed E-state index contributed by atoms with van der Waals surface area (Å²) in [4.78, 5) is 6.24. The maximum absolute atomic E-state index is 12.4. The first-order valence-corrected chi connectivity index (χ1v) is 9.50. The molecule has 1 aliphatic rings. The topological polar surface area (TPSA) is 64.7 Å². The fourth-order valence-corrected chi connectivity index (χ4v) is 4.37. The Balaban J connectivity index is 1.96. The number of hydrogen-bond donors (Lipinski definition) is 2. The van der Waals surface area contributed by atoms with Gasteiger partial charge < -0.3 is 10.2 Å². The molecule has 0 atom stereocenters. The number of rotatable bonds is 6. The molecule has 1 saturated heterocycles. The van der Waals surface area contributed by atoms with Crippen molar-refractivity contribution in [1.29, 1.82) is 0 Å². The van der Waals surface area contributed by atoms with Crippen molar-refractivity contribution in [2.75, 3.05) is 33.2 Å². The minimum Gasteiger partial charge on any atom is -0.310 e. The molecule has 1 fully saturated rings. The molecule has 0 aliphatic carbocycles. The average Bonchev–Trinajstić information content (AvgIpc) is 2.88. The second kappa shape index (κ2) is 7.17. The first-order valence-electron chi connectivity index (χ1n) is 7.13. The summed E-state index contributed by atoms with van der Waals surface area (Å²) in [6.45, 7) is 8.00. The van der Waals surface area contributed by atoms with Crippen molar-refractivity contribution in [1.82, 2.24) is 20.1 Å². The van der Waals surface area contributed by atoms with Crippen LogP contribution < -0.4 is 10.1 Å². The Morgan fingerprint density at radius 2 is 1.95 bits per heavy atom. The number of hydrazine groups is 1. The lowest BCUT2D eigenvalue weighted by molar-refractivity contribution is 0.135. The SMILES string of the molecule is CC(C)NCc1cc(S(=O)(=O)NN2CCN(C)CC2)cs1. The molecule has 0 amide bonds. The van der Waals surface area contributed by atoms with Crippen LogP contribution in [-0.4, -0.2) is 57.6 Å². The van der Waals surface area contributed by atoms with Crippen molar-refractivity contribution in [3.05, 3.63) is 16.3 Å². The van der Waals surface area contributed by atoms with Gasteiger partial charge in [0.25, 0.3) is 10.0 Å². The van der Waals surface area contributed by atoms with Gasteiger partial charge in [0.1, 0.15) is 0 Å². The van der Waals surface area contributed by atoms with Crippen LogP contribution in [0.1, 0.15) is 18.7 Å². The standard InChI is InChI=1S/C13H24N4O2S2/c1-11(2)14-9-12-8-13(10-20-12)21(18,19)15-17-6-4-16(3)5-7-17/h8,10-11,14-15H,4-7,9H2,1-3H3. The van der Waals surface area contributed by atoms with E-state index in [1.165, 1.54) is 11.3 Å². The van der Waals surface area contributed by atoms with Crippen LogP contribution in [0.4, 0.5) is 0 Å². The molecule has 0 spiro atoms. The first-order chi connectivity index (χ1) is 9.87. The third-order valence-electron chi connectivity index (χ3n) is 3.38. The maximum Gasteiger partial charge on any atom is 0.254 e. The van der Waals surface area contributed by atoms with Crippen LogP contribution in [0.15, 0.2) is 16.3 Å². The molecule has 120 valence electrons. The van der Waals surface area contributed by atoms with Gasteiger partial charge in [-0.1, -0.05) is 13.8 Å². The Labute approximate surface area is 131 Å². The third-order valence-corrected chi connectivity index (χ3v) is 5.82. The van der Waals surface area contributed by atoms with E-state index < -0.39 is 10.0 Å². The summed E-state index contributed by atoms with van der Waals surface area (Å²) in [7, 11) is -1.41. The van der Waals surface area contributed by atoms with E-state index >= 15 is 0 Å². The quantitative estimate of drug-likeness (QED) is 0.802. The van der Waals surface area contributed by atoms with E-state index in [1.807, 2.05) is 7.05 Å². The summed E-state index contributed by atoms with van der Waals surface area (Å²) in [5.74, 6) is 0. The fourth-order valence-electron chi connectivity index (χ4n) is 2.02. The van der Waals surface area contributed by atoms with Gasteiger partial charge in [-0.05, 0) is 13.1 Å². The van der Waals surface area contributed by atoms with Gasteiger partial charge in [0.2, 0.25) is 0 Å². The molecule has 6 nitrogen and oxygen atoms in total. The Morgan fingerprint density at radius 3 is 2.57 bits per heavy atom. The second-order valence-electron chi connectivity index (χ2n) is 5.67. The Kier molecular flexibility index (Phi) is 5.75. The van der Waals surface area contributed by atoms with Crippen molar-refractivity contribution >= 4 is 21.4 Å². The van der Waals surface area contributed by atoms with E-state index in [0.29, 0.717) is 30.6 Å². The smallest absolute Gasteiger partial charge is 0.254 e. The van der Waals surface area contributed by atoms with E-state index in [1.54, 1.807) is 16.5 Å². The lowest BCUT2D eigenvalue weighted by atomic mass is 10.4. The van der Waals surface area contributed by atoms with Gasteiger partial charge in [-0.25, -0.2) is 13.4 Å². The third kappa shape index (κ3) is 5.01. The summed E-state index contributed by atoms with van der Waals surface area (Å²) in [6.07, 6.45) is 0. The largest absolute Gasteiger partial charge is 0.310 e. The van der Waals surface area contributed by atoms with Gasteiger partial charge in [-0.15, -0.1) is 16.2 Å². The minimum atomic E-state index is -3.46. The zero-order chi connectivity index (χ0) is 15.5. The molecular formula is C13H24N4O2S2. The van der Waals surface area contributed by atoms with Crippen molar-refractivity contribution in [3.63, 3.8) is 0 Å². The Morgan fingerprint density at radius 1 is 1.29 bits per heavy atom. The summed E-state index contributed by atoms with van der Waals surface area (Å²) < 4.78 is 24.7. The van der Waals surface area contributed by atoms with E-state index in [-0.39, 0.29) is 0 Å². The molecule has 1 aromatic heterocycles. The van der Waals surface area contributed by atoms with E-state index in [2.05, 4.69) is 28.9 Å². The molecule has 0 unspecified atom stereocenters. The van der Waals surface area contributed by atoms with Crippen molar-refractivity contribution in [3.8, 4) is 0 Å². The van der Waals surface area contributed by atoms with Crippen molar-refractivity contribution < 1.29 is 8.42 Å². The van der Waals surface area contributed by atoms with Gasteiger partial charge >= 0.3 is 0 Å². The molecule has 0 saturated carbocycles. The molecule has 21 heavy (non-hydrogen) atoms. The Bertz CT molecular complexity index is 548. The van der Waals surface area contributed by atoms with Crippen molar-refractivity contribution in [2.45, 2.75) is 31.3 Å². The normalized spacial score (nSPS) is 18.5. The molecule has 0 aromatic carbocycles. The van der Waals surface area contributed by atoms with Crippen LogP contribution in [-0.2, 0) is 16.6 Å². The number of hydrogen-bond acceptors (Lipinski definition) is 6. The second-order valence-corrected chi connectivity index (χ2v) is 8.33. The van der Waals surface area contributed by atoms with Gasteiger partial charge in [0.15, 0.2) is 0 Å². The molecule has 1 aromatic rings. The summed E-state index contributed by atoms with van der Waals surface area (Å²) in [5, 5.41) is 6.77. The monoisotopic (exact) mass is 332 g/mol. The van der Waals surface area contributed by atoms with E-state index in [0.717, 1.165) is 18.0 Å². The number of thiophene rings is 1. The number of sulfonamides is 1. The molecular weight excluding hydrogens is 308 g/mol. The highest BCUT2D eigenvalue weighted by Gasteiger charge is 2.22. The molecule has 1 aliphatic heterocycles. The van der Waals surface area contributed by atoms with Crippen LogP contribution >= 0.6 is 11.3 Å². The highest BCUT2D eigenvalue weighted by Crippen LogP contribution is 2.19. The van der Waals surface area contributed by atoms with Crippen LogP contribution in [0.2, 0.25) is 0 Å². The lowest BCUT2D eigenvalue weighted by Gasteiger charge is -2.31. The fraction of sp³-hybridized carbons (Fsp3) is 0.692. The minimum absolute atomic E-state index is 0.354. The van der Waals surface area contributed by atoms with Gasteiger partial charge in [0, 0.05) is 49.0 Å². The van der Waals surface area contributed by atoms with Gasteiger partial charge in [0.05, 0.1) is 4.90 Å². The number of piperazine rings is 1. The van der Waals surface area contributed by atoms with Crippen LogP contribution in [0.5, 0.6) is 0 Å². The number of nitrogens with zero attached hydrogens (tertiary/aromatic N) is 2. The van der Waals surface area contributed by atoms with Crippen LogP contribution in [0.3, 0.4) is 0 Å². The molecule has 2 N–H and O–H groups in total. The molecule has 8 heteroatoms. The molecule has 0 bridgehead atoms. The molecule has 0 radical (unpaired) electrons. The summed E-state index contributed by atoms with van der Waals surface area (Å²) >= 11 is 1.47. The van der Waals surface area contributed by atoms with Gasteiger partial charge in [-0.3, -0.25) is 0 Å². The number of nitrogens with one attached hydrogen (secondary N) is 2. The molecule has 2 heterocycles. The highest BCUT2D eigenvalue weighted by atomic mass is 32.2. The summed E-state index contributed by atoms with van der Waals surface area (Å²) in [6, 6.07) is 2.13. The average molecular weight is 332 g/mol. The van der Waals surface area contributed by atoms with Crippen molar-refractivity contribution in [2.24, 2.45) is 0 Å². The van der Waals surface area contributed by atoms with E-state index in [9.17, 15) is 8.42 Å². The van der Waals surface area contributed by atoms with Crippen LogP contribution in [0, 0.1) is 0 Å². The predicted octanol–water partition coefficient (Wildman–Crippen LogP) is 0.687. The zero-order valence-corrected chi connectivity index (χ0v) is 14.4. The highest BCUT2D eigenvalue weighted by molar-refractivity contribution is 7.89.